The van der Waals surface area contributed by atoms with E-state index in [4.69, 9.17) is 0 Å². The fourth-order valence-corrected chi connectivity index (χ4v) is 10.1. The Balaban J connectivity index is 0.00000480. The molecule has 4 heteroatoms. The number of carbonyl (C=O) groups is 1. The Bertz CT molecular complexity index is 701. The molecule has 2 aromatic rings. The number of halogens is 1. The molecule has 1 amide bonds. The van der Waals surface area contributed by atoms with Crippen molar-refractivity contribution in [3.63, 3.8) is 0 Å². The van der Waals surface area contributed by atoms with Crippen LogP contribution in [0, 0.1) is 0 Å². The molecule has 0 bridgehead atoms. The van der Waals surface area contributed by atoms with Crippen LogP contribution in [-0.4, -0.2) is 24.4 Å². The van der Waals surface area contributed by atoms with Crippen molar-refractivity contribution in [2.45, 2.75) is 71.5 Å². The fraction of sp³-hybridized carbons (Fsp3) is 0.519. The largest absolute Gasteiger partial charge is 1.00 e. The number of nitrogens with one attached hydrogen (secondary N) is 1. The van der Waals surface area contributed by atoms with Gasteiger partial charge >= 0.3 is 0 Å². The third-order valence-corrected chi connectivity index (χ3v) is 11.3. The zero-order valence-electron chi connectivity index (χ0n) is 19.7. The van der Waals surface area contributed by atoms with Crippen molar-refractivity contribution >= 4 is 13.2 Å². The van der Waals surface area contributed by atoms with E-state index in [1.165, 1.54) is 62.6 Å². The highest BCUT2D eigenvalue weighted by Crippen LogP contribution is 2.71. The van der Waals surface area contributed by atoms with Gasteiger partial charge in [-0.15, -0.1) is 0 Å². The highest BCUT2D eigenvalue weighted by molar-refractivity contribution is 7.77. The van der Waals surface area contributed by atoms with Gasteiger partial charge in [0, 0.05) is 19.4 Å². The first kappa shape index (κ1) is 27.7. The van der Waals surface area contributed by atoms with Crippen molar-refractivity contribution in [3.05, 3.63) is 71.8 Å². The molecule has 1 atom stereocenters. The van der Waals surface area contributed by atoms with Gasteiger partial charge in [-0.25, -0.2) is 0 Å². The lowest BCUT2D eigenvalue weighted by Gasteiger charge is -2.35. The second-order valence-corrected chi connectivity index (χ2v) is 12.8. The van der Waals surface area contributed by atoms with Crippen LogP contribution in [-0.2, 0) is 11.3 Å². The second kappa shape index (κ2) is 15.4. The average Bonchev–Trinajstić information content (AvgIpc) is 2.80. The molecule has 172 valence electrons. The molecular weight excluding hydrogens is 421 g/mol. The molecule has 0 aliphatic heterocycles. The molecule has 0 fully saturated rings. The summed E-state index contributed by atoms with van der Waals surface area (Å²) in [6.07, 6.45) is 11.0. The van der Waals surface area contributed by atoms with E-state index in [1.807, 2.05) is 18.2 Å². The third-order valence-electron chi connectivity index (χ3n) is 6.09. The van der Waals surface area contributed by atoms with Crippen molar-refractivity contribution in [2.24, 2.45) is 0 Å². The van der Waals surface area contributed by atoms with Crippen LogP contribution >= 0.6 is 7.26 Å². The van der Waals surface area contributed by atoms with E-state index in [-0.39, 0.29) is 24.0 Å². The molecule has 0 saturated carbocycles. The Hall–Kier alpha value is -1.37. The van der Waals surface area contributed by atoms with Crippen LogP contribution in [0.15, 0.2) is 60.7 Å². The number of amides is 1. The number of rotatable bonds is 14. The first-order valence-electron chi connectivity index (χ1n) is 11.9. The molecule has 1 N–H and O–H groups in total. The Kier molecular flexibility index (Phi) is 13.8. The van der Waals surface area contributed by atoms with E-state index in [0.29, 0.717) is 6.54 Å². The predicted octanol–water partition coefficient (Wildman–Crippen LogP) is 4.47. The first-order valence-corrected chi connectivity index (χ1v) is 14.3. The minimum atomic E-state index is -1.47. The SMILES string of the molecule is CCCC[P+](CCCC)(CCCC)C(C(=O)NCc1ccccc1)c1ccccc1.[Cl-]. The van der Waals surface area contributed by atoms with Crippen LogP contribution in [0.2, 0.25) is 0 Å². The zero-order valence-corrected chi connectivity index (χ0v) is 21.3. The summed E-state index contributed by atoms with van der Waals surface area (Å²) in [5, 5.41) is 3.32. The average molecular weight is 462 g/mol. The van der Waals surface area contributed by atoms with Crippen LogP contribution < -0.4 is 17.7 Å². The number of carbonyl (C=O) groups excluding carboxylic acids is 1. The zero-order chi connectivity index (χ0) is 21.7. The quantitative estimate of drug-likeness (QED) is 0.413. The normalized spacial score (nSPS) is 12.1. The molecular formula is C27H41ClNOP. The van der Waals surface area contributed by atoms with Gasteiger partial charge in [-0.05, 0) is 24.8 Å². The van der Waals surface area contributed by atoms with Gasteiger partial charge in [0.1, 0.15) is 0 Å². The van der Waals surface area contributed by atoms with E-state index in [9.17, 15) is 4.79 Å². The second-order valence-electron chi connectivity index (χ2n) is 8.47. The van der Waals surface area contributed by atoms with Crippen LogP contribution in [0.5, 0.6) is 0 Å². The molecule has 1 unspecified atom stereocenters. The monoisotopic (exact) mass is 461 g/mol. The van der Waals surface area contributed by atoms with E-state index in [0.717, 1.165) is 5.56 Å². The summed E-state index contributed by atoms with van der Waals surface area (Å²) in [7, 11) is -1.47. The Morgan fingerprint density at radius 2 is 1.23 bits per heavy atom. The molecule has 2 rings (SSSR count). The summed E-state index contributed by atoms with van der Waals surface area (Å²) in [4.78, 5) is 13.8. The minimum absolute atomic E-state index is 0. The minimum Gasteiger partial charge on any atom is -1.00 e. The summed E-state index contributed by atoms with van der Waals surface area (Å²) in [6, 6.07) is 20.9. The van der Waals surface area contributed by atoms with E-state index in [1.54, 1.807) is 0 Å². The summed E-state index contributed by atoms with van der Waals surface area (Å²) in [5.74, 6) is 0.238. The lowest BCUT2D eigenvalue weighted by atomic mass is 10.1. The number of unbranched alkanes of at least 4 members (excludes halogenated alkanes) is 3. The van der Waals surface area contributed by atoms with Gasteiger partial charge in [0.25, 0.3) is 5.91 Å². The fourth-order valence-electron chi connectivity index (χ4n) is 4.38. The summed E-state index contributed by atoms with van der Waals surface area (Å²) >= 11 is 0. The highest BCUT2D eigenvalue weighted by atomic mass is 35.5. The number of hydrogen-bond donors (Lipinski definition) is 1. The standard InChI is InChI=1S/C27H40NOP.ClH/c1-4-7-20-30(21-8-5-2,22-9-6-3)26(25-18-14-11-15-19-25)27(29)28-23-24-16-12-10-13-17-24;/h10-19,26H,4-9,20-23H2,1-3H3;1H. The molecule has 0 spiro atoms. The van der Waals surface area contributed by atoms with E-state index in [2.05, 4.69) is 68.6 Å². The van der Waals surface area contributed by atoms with Gasteiger partial charge in [0.05, 0.1) is 18.5 Å². The van der Waals surface area contributed by atoms with Crippen molar-refractivity contribution in [1.29, 1.82) is 0 Å². The Morgan fingerprint density at radius 1 is 0.774 bits per heavy atom. The van der Waals surface area contributed by atoms with Gasteiger partial charge in [-0.1, -0.05) is 101 Å². The predicted molar refractivity (Wildman–Crippen MR) is 134 cm³/mol. The summed E-state index contributed by atoms with van der Waals surface area (Å²) in [6.45, 7) is 7.45. The van der Waals surface area contributed by atoms with E-state index >= 15 is 0 Å². The van der Waals surface area contributed by atoms with Crippen LogP contribution in [0.4, 0.5) is 0 Å². The topological polar surface area (TPSA) is 29.1 Å². The number of hydrogen-bond acceptors (Lipinski definition) is 1. The van der Waals surface area contributed by atoms with Crippen LogP contribution in [0.3, 0.4) is 0 Å². The molecule has 0 aliphatic rings. The lowest BCUT2D eigenvalue weighted by Crippen LogP contribution is -3.00. The summed E-state index contributed by atoms with van der Waals surface area (Å²) < 4.78 is 0. The van der Waals surface area contributed by atoms with Crippen molar-refractivity contribution in [2.75, 3.05) is 18.5 Å². The van der Waals surface area contributed by atoms with Gasteiger partial charge < -0.3 is 17.7 Å². The van der Waals surface area contributed by atoms with Crippen molar-refractivity contribution < 1.29 is 17.2 Å². The molecule has 0 aromatic heterocycles. The third kappa shape index (κ3) is 8.59. The lowest BCUT2D eigenvalue weighted by molar-refractivity contribution is -0.121. The summed E-state index contributed by atoms with van der Waals surface area (Å²) in [5.41, 5.74) is 2.41. The number of benzene rings is 2. The first-order chi connectivity index (χ1) is 14.7. The molecule has 0 saturated heterocycles. The smallest absolute Gasteiger partial charge is 0.265 e. The molecule has 0 aliphatic carbocycles. The van der Waals surface area contributed by atoms with Gasteiger partial charge in [0.15, 0.2) is 5.66 Å². The van der Waals surface area contributed by atoms with Crippen LogP contribution in [0.1, 0.15) is 76.1 Å². The maximum absolute atomic E-state index is 13.8. The molecule has 2 aromatic carbocycles. The molecule has 0 radical (unpaired) electrons. The highest BCUT2D eigenvalue weighted by Gasteiger charge is 2.48. The van der Waals surface area contributed by atoms with Crippen molar-refractivity contribution in [3.8, 4) is 0 Å². The Labute approximate surface area is 197 Å². The van der Waals surface area contributed by atoms with E-state index < -0.39 is 7.26 Å². The van der Waals surface area contributed by atoms with Gasteiger partial charge in [-0.2, -0.15) is 0 Å². The maximum Gasteiger partial charge on any atom is 0.265 e. The van der Waals surface area contributed by atoms with Gasteiger partial charge in [0.2, 0.25) is 0 Å². The molecule has 31 heavy (non-hydrogen) atoms. The maximum atomic E-state index is 13.8. The van der Waals surface area contributed by atoms with Crippen LogP contribution in [0.25, 0.3) is 0 Å². The van der Waals surface area contributed by atoms with Gasteiger partial charge in [-0.3, -0.25) is 4.79 Å². The molecule has 2 nitrogen and oxygen atoms in total. The molecule has 0 heterocycles. The Morgan fingerprint density at radius 3 is 1.68 bits per heavy atom. The van der Waals surface area contributed by atoms with Crippen molar-refractivity contribution in [1.82, 2.24) is 5.32 Å².